The first kappa shape index (κ1) is 20.8. The molecule has 0 spiro atoms. The van der Waals surface area contributed by atoms with Crippen LogP contribution in [-0.4, -0.2) is 25.8 Å². The molecular weight excluding hydrogens is 426 g/mol. The van der Waals surface area contributed by atoms with Gasteiger partial charge in [0.25, 0.3) is 5.91 Å². The molecule has 0 radical (unpaired) electrons. The predicted octanol–water partition coefficient (Wildman–Crippen LogP) is 5.20. The molecule has 1 amide bonds. The average Bonchev–Trinajstić information content (AvgIpc) is 3.34. The smallest absolute Gasteiger partial charge is 0.255 e. The monoisotopic (exact) mass is 445 g/mol. The Balaban J connectivity index is 1.38. The molecule has 8 nitrogen and oxygen atoms in total. The molecule has 164 valence electrons. The Morgan fingerprint density at radius 2 is 1.91 bits per heavy atom. The standard InChI is InChI=1S/C26H19N7O/c1-16-13-20(30-25(34)18-6-4-17(14-27)5-7-18)8-9-21(16)31-26-32-22-10-12-29-24(22)23(33-26)19-3-2-11-28-15-19/h2-13,15,29H,1H3,(H,30,34)(H,31,32,33). The van der Waals surface area contributed by atoms with Crippen molar-refractivity contribution in [3.05, 3.63) is 95.9 Å². The van der Waals surface area contributed by atoms with Crippen LogP contribution in [0.3, 0.4) is 0 Å². The van der Waals surface area contributed by atoms with E-state index in [1.165, 1.54) is 0 Å². The third-order valence-electron chi connectivity index (χ3n) is 5.35. The minimum absolute atomic E-state index is 0.244. The molecule has 0 saturated heterocycles. The molecule has 0 fully saturated rings. The van der Waals surface area contributed by atoms with Gasteiger partial charge in [-0.25, -0.2) is 9.97 Å². The van der Waals surface area contributed by atoms with Crippen LogP contribution >= 0.6 is 0 Å². The number of hydrogen-bond donors (Lipinski definition) is 3. The summed E-state index contributed by atoms with van der Waals surface area (Å²) in [6.07, 6.45) is 5.32. The van der Waals surface area contributed by atoms with E-state index in [0.29, 0.717) is 22.8 Å². The van der Waals surface area contributed by atoms with Crippen molar-refractivity contribution in [3.63, 3.8) is 0 Å². The molecule has 0 aliphatic carbocycles. The molecule has 3 aromatic heterocycles. The Kier molecular flexibility index (Phi) is 5.42. The van der Waals surface area contributed by atoms with E-state index >= 15 is 0 Å². The van der Waals surface area contributed by atoms with E-state index in [9.17, 15) is 4.79 Å². The second-order valence-corrected chi connectivity index (χ2v) is 7.67. The Hall–Kier alpha value is -5.03. The summed E-state index contributed by atoms with van der Waals surface area (Å²) in [4.78, 5) is 29.3. The van der Waals surface area contributed by atoms with Gasteiger partial charge in [0.2, 0.25) is 5.95 Å². The molecule has 5 aromatic rings. The molecule has 3 N–H and O–H groups in total. The van der Waals surface area contributed by atoms with Gasteiger partial charge in [0.05, 0.1) is 22.7 Å². The predicted molar refractivity (Wildman–Crippen MR) is 131 cm³/mol. The van der Waals surface area contributed by atoms with Crippen molar-refractivity contribution >= 4 is 34.3 Å². The third-order valence-corrected chi connectivity index (χ3v) is 5.35. The Morgan fingerprint density at radius 3 is 2.65 bits per heavy atom. The molecule has 5 rings (SSSR count). The maximum Gasteiger partial charge on any atom is 0.255 e. The van der Waals surface area contributed by atoms with Gasteiger partial charge in [-0.2, -0.15) is 5.26 Å². The highest BCUT2D eigenvalue weighted by molar-refractivity contribution is 6.04. The zero-order valence-corrected chi connectivity index (χ0v) is 18.2. The largest absolute Gasteiger partial charge is 0.358 e. The normalized spacial score (nSPS) is 10.6. The lowest BCUT2D eigenvalue weighted by Gasteiger charge is -2.12. The molecule has 34 heavy (non-hydrogen) atoms. The van der Waals surface area contributed by atoms with Gasteiger partial charge in [-0.1, -0.05) is 0 Å². The van der Waals surface area contributed by atoms with E-state index in [1.807, 2.05) is 55.6 Å². The average molecular weight is 445 g/mol. The lowest BCUT2D eigenvalue weighted by molar-refractivity contribution is 0.102. The number of aryl methyl sites for hydroxylation is 1. The molecule has 8 heteroatoms. The Bertz CT molecular complexity index is 1530. The highest BCUT2D eigenvalue weighted by Crippen LogP contribution is 2.28. The van der Waals surface area contributed by atoms with Gasteiger partial charge in [0.1, 0.15) is 5.69 Å². The van der Waals surface area contributed by atoms with Crippen molar-refractivity contribution in [1.29, 1.82) is 5.26 Å². The third kappa shape index (κ3) is 4.18. The number of fused-ring (bicyclic) bond motifs is 1. The fourth-order valence-corrected chi connectivity index (χ4v) is 3.61. The second-order valence-electron chi connectivity index (χ2n) is 7.67. The number of nitrogens with zero attached hydrogens (tertiary/aromatic N) is 4. The molecule has 0 aliphatic heterocycles. The Morgan fingerprint density at radius 1 is 1.06 bits per heavy atom. The van der Waals surface area contributed by atoms with E-state index in [0.717, 1.165) is 33.5 Å². The van der Waals surface area contributed by atoms with Crippen LogP contribution in [0.1, 0.15) is 21.5 Å². The summed E-state index contributed by atoms with van der Waals surface area (Å²) in [6, 6.07) is 19.8. The molecule has 3 heterocycles. The topological polar surface area (TPSA) is 119 Å². The number of carbonyl (C=O) groups excluding carboxylic acids is 1. The number of aromatic nitrogens is 4. The number of aromatic amines is 1. The fourth-order valence-electron chi connectivity index (χ4n) is 3.61. The van der Waals surface area contributed by atoms with Crippen LogP contribution in [0.25, 0.3) is 22.3 Å². The number of H-pyrrole nitrogens is 1. The molecule has 0 bridgehead atoms. The first-order valence-corrected chi connectivity index (χ1v) is 10.6. The van der Waals surface area contributed by atoms with Gasteiger partial charge in [-0.3, -0.25) is 9.78 Å². The zero-order chi connectivity index (χ0) is 23.5. The summed E-state index contributed by atoms with van der Waals surface area (Å²) in [5.74, 6) is 0.218. The molecule has 0 atom stereocenters. The number of pyridine rings is 1. The van der Waals surface area contributed by atoms with Crippen molar-refractivity contribution in [2.24, 2.45) is 0 Å². The van der Waals surface area contributed by atoms with Gasteiger partial charge in [0, 0.05) is 41.1 Å². The number of benzene rings is 2. The van der Waals surface area contributed by atoms with Crippen LogP contribution in [0.2, 0.25) is 0 Å². The number of amides is 1. The molecule has 0 unspecified atom stereocenters. The molecule has 2 aromatic carbocycles. The summed E-state index contributed by atoms with van der Waals surface area (Å²) in [5, 5.41) is 15.1. The lowest BCUT2D eigenvalue weighted by atomic mass is 10.1. The van der Waals surface area contributed by atoms with E-state index in [-0.39, 0.29) is 5.91 Å². The molecular formula is C26H19N7O. The summed E-state index contributed by atoms with van der Waals surface area (Å²) in [5.41, 5.74) is 6.67. The van der Waals surface area contributed by atoms with Crippen LogP contribution in [0.15, 0.2) is 79.3 Å². The van der Waals surface area contributed by atoms with Gasteiger partial charge >= 0.3 is 0 Å². The van der Waals surface area contributed by atoms with Crippen molar-refractivity contribution in [2.75, 3.05) is 10.6 Å². The number of rotatable bonds is 5. The highest BCUT2D eigenvalue weighted by Gasteiger charge is 2.13. The number of nitrogens with one attached hydrogen (secondary N) is 3. The van der Waals surface area contributed by atoms with Crippen LogP contribution in [0.4, 0.5) is 17.3 Å². The SMILES string of the molecule is Cc1cc(NC(=O)c2ccc(C#N)cc2)ccc1Nc1nc(-c2cccnc2)c2[nH]ccc2n1. The van der Waals surface area contributed by atoms with Crippen LogP contribution < -0.4 is 10.6 Å². The zero-order valence-electron chi connectivity index (χ0n) is 18.2. The molecule has 0 aliphatic rings. The molecule has 0 saturated carbocycles. The van der Waals surface area contributed by atoms with Crippen molar-refractivity contribution in [3.8, 4) is 17.3 Å². The van der Waals surface area contributed by atoms with Crippen LogP contribution in [-0.2, 0) is 0 Å². The summed E-state index contributed by atoms with van der Waals surface area (Å²) < 4.78 is 0. The maximum atomic E-state index is 12.5. The van der Waals surface area contributed by atoms with E-state index in [1.54, 1.807) is 36.7 Å². The van der Waals surface area contributed by atoms with Gasteiger partial charge in [-0.05, 0) is 73.2 Å². The van der Waals surface area contributed by atoms with Crippen LogP contribution in [0, 0.1) is 18.3 Å². The maximum absolute atomic E-state index is 12.5. The number of nitriles is 1. The van der Waals surface area contributed by atoms with Gasteiger partial charge < -0.3 is 15.6 Å². The first-order valence-electron chi connectivity index (χ1n) is 10.6. The second kappa shape index (κ2) is 8.84. The number of hydrogen-bond acceptors (Lipinski definition) is 6. The number of carbonyl (C=O) groups is 1. The Labute approximate surface area is 195 Å². The summed E-state index contributed by atoms with van der Waals surface area (Å²) in [6.45, 7) is 1.94. The van der Waals surface area contributed by atoms with Crippen molar-refractivity contribution in [2.45, 2.75) is 6.92 Å². The fraction of sp³-hybridized carbons (Fsp3) is 0.0385. The van der Waals surface area contributed by atoms with E-state index in [2.05, 4.69) is 25.6 Å². The first-order chi connectivity index (χ1) is 16.6. The quantitative estimate of drug-likeness (QED) is 0.342. The van der Waals surface area contributed by atoms with Crippen molar-refractivity contribution in [1.82, 2.24) is 19.9 Å². The van der Waals surface area contributed by atoms with Crippen LogP contribution in [0.5, 0.6) is 0 Å². The van der Waals surface area contributed by atoms with E-state index < -0.39 is 0 Å². The highest BCUT2D eigenvalue weighted by atomic mass is 16.1. The van der Waals surface area contributed by atoms with Gasteiger partial charge in [0.15, 0.2) is 0 Å². The summed E-state index contributed by atoms with van der Waals surface area (Å²) >= 11 is 0. The van der Waals surface area contributed by atoms with Crippen molar-refractivity contribution < 1.29 is 4.79 Å². The van der Waals surface area contributed by atoms with E-state index in [4.69, 9.17) is 10.2 Å². The lowest BCUT2D eigenvalue weighted by Crippen LogP contribution is -2.12. The summed E-state index contributed by atoms with van der Waals surface area (Å²) in [7, 11) is 0. The minimum Gasteiger partial charge on any atom is -0.358 e. The minimum atomic E-state index is -0.244. The number of anilines is 3. The van der Waals surface area contributed by atoms with Gasteiger partial charge in [-0.15, -0.1) is 0 Å².